The second kappa shape index (κ2) is 3.46. The monoisotopic (exact) mass is 175 g/mol. The Hall–Kier alpha value is 0.0700. The summed E-state index contributed by atoms with van der Waals surface area (Å²) in [6.07, 6.45) is 0. The van der Waals surface area contributed by atoms with E-state index in [0.29, 0.717) is 4.32 Å². The maximum Gasteiger partial charge on any atom is 0.0290 e. The fraction of sp³-hybridized carbons (Fsp3) is 0.833. The van der Waals surface area contributed by atoms with Crippen LogP contribution >= 0.6 is 12.2 Å². The molecule has 0 aliphatic carbocycles. The van der Waals surface area contributed by atoms with E-state index in [1.807, 2.05) is 0 Å². The molecular formula is C6H11N2S2-. The van der Waals surface area contributed by atoms with Gasteiger partial charge < -0.3 is 34.6 Å². The molecule has 1 aliphatic rings. The van der Waals surface area contributed by atoms with Crippen LogP contribution in [0.15, 0.2) is 0 Å². The summed E-state index contributed by atoms with van der Waals surface area (Å²) in [7, 11) is 2.11. The molecule has 1 aliphatic heterocycles. The summed E-state index contributed by atoms with van der Waals surface area (Å²) in [6.45, 7) is 4.16. The highest BCUT2D eigenvalue weighted by molar-refractivity contribution is 8.00. The lowest BCUT2D eigenvalue weighted by atomic mass is 10.4. The molecule has 0 aromatic rings. The minimum absolute atomic E-state index is 0.619. The molecular weight excluding hydrogens is 164 g/mol. The predicted molar refractivity (Wildman–Crippen MR) is 49.0 cm³/mol. The van der Waals surface area contributed by atoms with E-state index in [1.165, 1.54) is 0 Å². The molecule has 1 fully saturated rings. The van der Waals surface area contributed by atoms with Crippen molar-refractivity contribution in [2.45, 2.75) is 0 Å². The fourth-order valence-electron chi connectivity index (χ4n) is 0.989. The van der Waals surface area contributed by atoms with E-state index in [9.17, 15) is 0 Å². The van der Waals surface area contributed by atoms with Gasteiger partial charge in [0, 0.05) is 26.2 Å². The third kappa shape index (κ3) is 2.04. The van der Waals surface area contributed by atoms with Crippen LogP contribution in [0.1, 0.15) is 0 Å². The summed E-state index contributed by atoms with van der Waals surface area (Å²) >= 11 is 9.75. The van der Waals surface area contributed by atoms with Crippen molar-refractivity contribution in [1.82, 2.24) is 9.80 Å². The molecule has 0 atom stereocenters. The average molecular weight is 175 g/mol. The Labute approximate surface area is 72.6 Å². The topological polar surface area (TPSA) is 6.48 Å². The van der Waals surface area contributed by atoms with Gasteiger partial charge in [0.05, 0.1) is 0 Å². The van der Waals surface area contributed by atoms with Gasteiger partial charge in [-0.15, -0.1) is 0 Å². The van der Waals surface area contributed by atoms with E-state index in [0.717, 1.165) is 26.2 Å². The zero-order valence-electron chi connectivity index (χ0n) is 6.04. The van der Waals surface area contributed by atoms with Gasteiger partial charge in [-0.05, 0) is 7.05 Å². The quantitative estimate of drug-likeness (QED) is 0.379. The molecule has 0 N–H and O–H groups in total. The van der Waals surface area contributed by atoms with Crippen molar-refractivity contribution >= 4 is 29.2 Å². The third-order valence-corrected chi connectivity index (χ3v) is 2.28. The van der Waals surface area contributed by atoms with Crippen molar-refractivity contribution in [2.24, 2.45) is 0 Å². The second-order valence-corrected chi connectivity index (χ2v) is 3.59. The van der Waals surface area contributed by atoms with Crippen molar-refractivity contribution in [3.8, 4) is 0 Å². The number of hydrogen-bond donors (Lipinski definition) is 0. The van der Waals surface area contributed by atoms with E-state index in [1.54, 1.807) is 0 Å². The summed E-state index contributed by atoms with van der Waals surface area (Å²) in [5.74, 6) is 0. The van der Waals surface area contributed by atoms with Gasteiger partial charge in [0.2, 0.25) is 0 Å². The summed E-state index contributed by atoms with van der Waals surface area (Å²) in [6, 6.07) is 0. The van der Waals surface area contributed by atoms with E-state index in [-0.39, 0.29) is 0 Å². The normalized spacial score (nSPS) is 21.1. The molecule has 1 saturated heterocycles. The smallest absolute Gasteiger partial charge is 0.0290 e. The molecule has 0 radical (unpaired) electrons. The van der Waals surface area contributed by atoms with Crippen molar-refractivity contribution in [1.29, 1.82) is 0 Å². The van der Waals surface area contributed by atoms with Crippen LogP contribution in [0.5, 0.6) is 0 Å². The number of rotatable bonds is 0. The van der Waals surface area contributed by atoms with Crippen LogP contribution in [-0.2, 0) is 12.6 Å². The van der Waals surface area contributed by atoms with Gasteiger partial charge in [-0.2, -0.15) is 0 Å². The van der Waals surface area contributed by atoms with E-state index < -0.39 is 0 Å². The summed E-state index contributed by atoms with van der Waals surface area (Å²) in [5.41, 5.74) is 0. The minimum Gasteiger partial charge on any atom is -0.411 e. The van der Waals surface area contributed by atoms with Crippen molar-refractivity contribution < 1.29 is 0 Å². The first kappa shape index (κ1) is 8.17. The van der Waals surface area contributed by atoms with Gasteiger partial charge >= 0.3 is 0 Å². The Bertz CT molecular complexity index is 130. The van der Waals surface area contributed by atoms with Crippen LogP contribution in [0.3, 0.4) is 0 Å². The van der Waals surface area contributed by atoms with Crippen LogP contribution in [0.2, 0.25) is 0 Å². The largest absolute Gasteiger partial charge is 0.411 e. The first-order valence-corrected chi connectivity index (χ1v) is 4.16. The van der Waals surface area contributed by atoms with Crippen molar-refractivity contribution in [3.05, 3.63) is 0 Å². The van der Waals surface area contributed by atoms with Crippen molar-refractivity contribution in [2.75, 3.05) is 33.2 Å². The standard InChI is InChI=1S/C6H12N2S2/c1-7-2-4-8(5-3-7)6(9)10/h2-5H2,1H3,(H,9,10)/p-1. The molecule has 10 heavy (non-hydrogen) atoms. The van der Waals surface area contributed by atoms with Gasteiger partial charge in [-0.1, -0.05) is 4.32 Å². The lowest BCUT2D eigenvalue weighted by Crippen LogP contribution is -2.45. The highest BCUT2D eigenvalue weighted by Crippen LogP contribution is 1.99. The molecule has 1 rings (SSSR count). The summed E-state index contributed by atoms with van der Waals surface area (Å²) in [4.78, 5) is 4.36. The molecule has 4 heteroatoms. The minimum atomic E-state index is 0.619. The van der Waals surface area contributed by atoms with Crippen LogP contribution in [0, 0.1) is 0 Å². The molecule has 0 saturated carbocycles. The molecule has 0 unspecified atom stereocenters. The van der Waals surface area contributed by atoms with Crippen LogP contribution in [0.25, 0.3) is 0 Å². The Balaban J connectivity index is 2.33. The average Bonchev–Trinajstić information content (AvgIpc) is 1.88. The van der Waals surface area contributed by atoms with Crippen molar-refractivity contribution in [3.63, 3.8) is 0 Å². The van der Waals surface area contributed by atoms with Crippen LogP contribution in [-0.4, -0.2) is 47.3 Å². The Kier molecular flexibility index (Phi) is 2.82. The van der Waals surface area contributed by atoms with Gasteiger partial charge in [0.15, 0.2) is 0 Å². The Morgan fingerprint density at radius 2 is 1.80 bits per heavy atom. The summed E-state index contributed by atoms with van der Waals surface area (Å²) in [5, 5.41) is 0. The second-order valence-electron chi connectivity index (χ2n) is 2.56. The van der Waals surface area contributed by atoms with Gasteiger partial charge in [0.1, 0.15) is 0 Å². The Morgan fingerprint density at radius 1 is 1.30 bits per heavy atom. The molecule has 0 amide bonds. The lowest BCUT2D eigenvalue weighted by molar-refractivity contribution is 0.220. The molecule has 58 valence electrons. The molecule has 0 bridgehead atoms. The first-order chi connectivity index (χ1) is 4.70. The maximum absolute atomic E-state index is 4.88. The fourth-order valence-corrected chi connectivity index (χ4v) is 1.35. The van der Waals surface area contributed by atoms with E-state index in [2.05, 4.69) is 16.8 Å². The number of hydrogen-bond acceptors (Lipinski definition) is 3. The highest BCUT2D eigenvalue weighted by Gasteiger charge is 2.10. The van der Waals surface area contributed by atoms with Crippen LogP contribution in [0.4, 0.5) is 0 Å². The SMILES string of the molecule is CN1CCN(C(=S)[S-])CC1. The molecule has 0 spiro atoms. The third-order valence-electron chi connectivity index (χ3n) is 1.76. The summed E-state index contributed by atoms with van der Waals surface area (Å²) < 4.78 is 0.619. The highest BCUT2D eigenvalue weighted by atomic mass is 32.1. The van der Waals surface area contributed by atoms with Gasteiger partial charge in [0.25, 0.3) is 0 Å². The molecule has 0 aromatic carbocycles. The first-order valence-electron chi connectivity index (χ1n) is 3.34. The molecule has 1 heterocycles. The van der Waals surface area contributed by atoms with Gasteiger partial charge in [-0.25, -0.2) is 0 Å². The Morgan fingerprint density at radius 3 is 2.20 bits per heavy atom. The number of piperazine rings is 1. The van der Waals surface area contributed by atoms with E-state index in [4.69, 9.17) is 24.8 Å². The lowest BCUT2D eigenvalue weighted by Gasteiger charge is -2.36. The number of nitrogens with zero attached hydrogens (tertiary/aromatic N) is 2. The predicted octanol–water partition coefficient (Wildman–Crippen LogP) is 0.0656. The zero-order chi connectivity index (χ0) is 7.56. The van der Waals surface area contributed by atoms with Crippen LogP contribution < -0.4 is 0 Å². The molecule has 2 nitrogen and oxygen atoms in total. The number of thiocarbonyl (C=S) groups is 1. The van der Waals surface area contributed by atoms with Gasteiger partial charge in [-0.3, -0.25) is 0 Å². The zero-order valence-corrected chi connectivity index (χ0v) is 7.67. The number of likely N-dealkylation sites (N-methyl/N-ethyl adjacent to an activating group) is 1. The van der Waals surface area contributed by atoms with E-state index >= 15 is 0 Å². The molecule has 0 aromatic heterocycles. The maximum atomic E-state index is 4.88.